The zero-order valence-corrected chi connectivity index (χ0v) is 15.3. The molecule has 3 rings (SSSR count). The lowest BCUT2D eigenvalue weighted by molar-refractivity contribution is 0.155. The fourth-order valence-corrected chi connectivity index (χ4v) is 3.03. The van der Waals surface area contributed by atoms with E-state index in [4.69, 9.17) is 4.74 Å². The van der Waals surface area contributed by atoms with Crippen LogP contribution < -0.4 is 0 Å². The molecule has 1 aromatic heterocycles. The topological polar surface area (TPSA) is 31.2 Å². The number of carbonyl (C=O) groups excluding carboxylic acids is 1. The summed E-state index contributed by atoms with van der Waals surface area (Å²) in [6, 6.07) is 17.8. The van der Waals surface area contributed by atoms with Crippen molar-refractivity contribution in [2.75, 3.05) is 6.61 Å². The quantitative estimate of drug-likeness (QED) is 0.438. The van der Waals surface area contributed by atoms with E-state index < -0.39 is 0 Å². The van der Waals surface area contributed by atoms with Gasteiger partial charge < -0.3 is 4.74 Å². The van der Waals surface area contributed by atoms with Gasteiger partial charge in [0.25, 0.3) is 0 Å². The van der Waals surface area contributed by atoms with Crippen LogP contribution in [0, 0.1) is 11.8 Å². The van der Waals surface area contributed by atoms with Gasteiger partial charge in [0.05, 0.1) is 23.4 Å². The second-order valence-corrected chi connectivity index (χ2v) is 6.05. The predicted molar refractivity (Wildman–Crippen MR) is 106 cm³/mol. The molecule has 0 atom stereocenters. The zero-order chi connectivity index (χ0) is 18.4. The molecule has 132 valence electrons. The molecule has 0 fully saturated rings. The number of rotatable bonds is 4. The minimum Gasteiger partial charge on any atom is -0.449 e. The summed E-state index contributed by atoms with van der Waals surface area (Å²) in [5, 5.41) is 0.975. The lowest BCUT2D eigenvalue weighted by Crippen LogP contribution is -2.14. The summed E-state index contributed by atoms with van der Waals surface area (Å²) >= 11 is 0. The molecule has 0 aliphatic heterocycles. The van der Waals surface area contributed by atoms with E-state index in [0.29, 0.717) is 6.61 Å². The maximum Gasteiger partial charge on any atom is 0.419 e. The number of hydrogen-bond acceptors (Lipinski definition) is 2. The molecule has 3 nitrogen and oxygen atoms in total. The standard InChI is InChI=1S/C23H23NO2/c1-3-5-6-10-16-20-19-15-11-12-17-21(19)24(23(25)26-4-2)22(20)18-13-8-7-9-14-18/h7-9,11-15,17H,3-6H2,1-2H3. The molecule has 0 saturated heterocycles. The van der Waals surface area contributed by atoms with Gasteiger partial charge in [0, 0.05) is 17.4 Å². The third-order valence-electron chi connectivity index (χ3n) is 4.24. The molecule has 1 heterocycles. The van der Waals surface area contributed by atoms with Gasteiger partial charge in [-0.05, 0) is 19.4 Å². The Bertz CT molecular complexity index is 958. The Morgan fingerprint density at radius 1 is 1.04 bits per heavy atom. The highest BCUT2D eigenvalue weighted by atomic mass is 16.5. The predicted octanol–water partition coefficient (Wildman–Crippen LogP) is 5.85. The highest BCUT2D eigenvalue weighted by Gasteiger charge is 2.22. The van der Waals surface area contributed by atoms with E-state index in [1.807, 2.05) is 61.5 Å². The van der Waals surface area contributed by atoms with E-state index in [9.17, 15) is 4.79 Å². The van der Waals surface area contributed by atoms with E-state index in [1.165, 1.54) is 0 Å². The molecule has 0 unspecified atom stereocenters. The number of hydrogen-bond donors (Lipinski definition) is 0. The first kappa shape index (κ1) is 17.8. The Balaban J connectivity index is 2.29. The van der Waals surface area contributed by atoms with Crippen molar-refractivity contribution in [3.8, 4) is 23.1 Å². The van der Waals surface area contributed by atoms with Crippen LogP contribution in [-0.2, 0) is 4.74 Å². The van der Waals surface area contributed by atoms with Crippen LogP contribution in [0.15, 0.2) is 54.6 Å². The Kier molecular flexibility index (Phi) is 5.76. The Labute approximate surface area is 154 Å². The summed E-state index contributed by atoms with van der Waals surface area (Å²) in [4.78, 5) is 12.7. The van der Waals surface area contributed by atoms with Crippen LogP contribution in [0.1, 0.15) is 38.7 Å². The molecule has 2 aromatic carbocycles. The number of para-hydroxylation sites is 1. The minimum atomic E-state index is -0.371. The van der Waals surface area contributed by atoms with E-state index in [-0.39, 0.29) is 6.09 Å². The number of fused-ring (bicyclic) bond motifs is 1. The summed E-state index contributed by atoms with van der Waals surface area (Å²) in [6.45, 7) is 4.30. The van der Waals surface area contributed by atoms with Gasteiger partial charge in [0.15, 0.2) is 0 Å². The molecule has 0 amide bonds. The molecule has 0 N–H and O–H groups in total. The molecular formula is C23H23NO2. The largest absolute Gasteiger partial charge is 0.449 e. The fraction of sp³-hybridized carbons (Fsp3) is 0.261. The maximum absolute atomic E-state index is 12.7. The SMILES string of the molecule is CCCCC#Cc1c(-c2ccccc2)n(C(=O)OCC)c2ccccc12. The second-order valence-electron chi connectivity index (χ2n) is 6.05. The smallest absolute Gasteiger partial charge is 0.419 e. The first-order chi connectivity index (χ1) is 12.8. The summed E-state index contributed by atoms with van der Waals surface area (Å²) in [5.74, 6) is 6.60. The lowest BCUT2D eigenvalue weighted by Gasteiger charge is -2.09. The van der Waals surface area contributed by atoms with Crippen molar-refractivity contribution in [2.45, 2.75) is 33.1 Å². The first-order valence-electron chi connectivity index (χ1n) is 9.12. The van der Waals surface area contributed by atoms with Gasteiger partial charge in [-0.3, -0.25) is 0 Å². The van der Waals surface area contributed by atoms with Crippen LogP contribution in [0.4, 0.5) is 4.79 Å². The van der Waals surface area contributed by atoms with Crippen LogP contribution in [-0.4, -0.2) is 17.3 Å². The summed E-state index contributed by atoms with van der Waals surface area (Å²) in [6.07, 6.45) is 2.67. The van der Waals surface area contributed by atoms with Gasteiger partial charge >= 0.3 is 6.09 Å². The average Bonchev–Trinajstić information content (AvgIpc) is 3.01. The van der Waals surface area contributed by atoms with Gasteiger partial charge in [-0.25, -0.2) is 9.36 Å². The molecule has 3 heteroatoms. The number of benzene rings is 2. The number of ether oxygens (including phenoxy) is 1. The van der Waals surface area contributed by atoms with Crippen molar-refractivity contribution in [1.29, 1.82) is 0 Å². The van der Waals surface area contributed by atoms with Crippen LogP contribution in [0.5, 0.6) is 0 Å². The molecule has 0 saturated carbocycles. The Morgan fingerprint density at radius 3 is 2.50 bits per heavy atom. The molecule has 3 aromatic rings. The van der Waals surface area contributed by atoms with E-state index in [0.717, 1.165) is 47.0 Å². The van der Waals surface area contributed by atoms with Crippen LogP contribution in [0.2, 0.25) is 0 Å². The highest BCUT2D eigenvalue weighted by molar-refractivity contribution is 6.01. The lowest BCUT2D eigenvalue weighted by atomic mass is 10.1. The average molecular weight is 345 g/mol. The van der Waals surface area contributed by atoms with Crippen LogP contribution >= 0.6 is 0 Å². The normalized spacial score (nSPS) is 10.4. The van der Waals surface area contributed by atoms with Crippen molar-refractivity contribution < 1.29 is 9.53 Å². The van der Waals surface area contributed by atoms with Gasteiger partial charge in [-0.1, -0.05) is 73.7 Å². The Hall–Kier alpha value is -2.99. The van der Waals surface area contributed by atoms with Crippen molar-refractivity contribution in [3.05, 3.63) is 60.2 Å². The summed E-state index contributed by atoms with van der Waals surface area (Å²) < 4.78 is 6.98. The van der Waals surface area contributed by atoms with E-state index in [2.05, 4.69) is 18.8 Å². The maximum atomic E-state index is 12.7. The van der Waals surface area contributed by atoms with Gasteiger partial charge in [0.2, 0.25) is 0 Å². The van der Waals surface area contributed by atoms with Gasteiger partial charge in [0.1, 0.15) is 0 Å². The molecule has 0 aliphatic carbocycles. The number of nitrogens with zero attached hydrogens (tertiary/aromatic N) is 1. The first-order valence-corrected chi connectivity index (χ1v) is 9.12. The van der Waals surface area contributed by atoms with Crippen molar-refractivity contribution >= 4 is 17.0 Å². The fourth-order valence-electron chi connectivity index (χ4n) is 3.03. The Morgan fingerprint density at radius 2 is 1.77 bits per heavy atom. The number of unbranched alkanes of at least 4 members (excludes halogenated alkanes) is 2. The second kappa shape index (κ2) is 8.40. The van der Waals surface area contributed by atoms with E-state index >= 15 is 0 Å². The van der Waals surface area contributed by atoms with Crippen LogP contribution in [0.3, 0.4) is 0 Å². The van der Waals surface area contributed by atoms with Crippen molar-refractivity contribution in [3.63, 3.8) is 0 Å². The zero-order valence-electron chi connectivity index (χ0n) is 15.3. The van der Waals surface area contributed by atoms with Crippen LogP contribution in [0.25, 0.3) is 22.2 Å². The molecule has 0 aliphatic rings. The monoisotopic (exact) mass is 345 g/mol. The van der Waals surface area contributed by atoms with Crippen molar-refractivity contribution in [2.24, 2.45) is 0 Å². The molecule has 0 spiro atoms. The third-order valence-corrected chi connectivity index (χ3v) is 4.24. The molecule has 26 heavy (non-hydrogen) atoms. The number of carbonyl (C=O) groups is 1. The number of aromatic nitrogens is 1. The molecule has 0 bridgehead atoms. The molecule has 0 radical (unpaired) electrons. The summed E-state index contributed by atoms with van der Waals surface area (Å²) in [5.41, 5.74) is 3.46. The van der Waals surface area contributed by atoms with Crippen molar-refractivity contribution in [1.82, 2.24) is 4.57 Å². The van der Waals surface area contributed by atoms with Gasteiger partial charge in [-0.15, -0.1) is 0 Å². The van der Waals surface area contributed by atoms with Gasteiger partial charge in [-0.2, -0.15) is 0 Å². The summed E-state index contributed by atoms with van der Waals surface area (Å²) in [7, 11) is 0. The molecular weight excluding hydrogens is 322 g/mol. The van der Waals surface area contributed by atoms with E-state index in [1.54, 1.807) is 4.57 Å². The highest BCUT2D eigenvalue weighted by Crippen LogP contribution is 2.33. The third kappa shape index (κ3) is 3.50. The minimum absolute atomic E-state index is 0.330.